The van der Waals surface area contributed by atoms with Gasteiger partial charge in [0.25, 0.3) is 0 Å². The average Bonchev–Trinajstić information content (AvgIpc) is 2.58. The molecule has 0 N–H and O–H groups in total. The van der Waals surface area contributed by atoms with Gasteiger partial charge in [-0.3, -0.25) is 4.98 Å². The summed E-state index contributed by atoms with van der Waals surface area (Å²) in [5.41, 5.74) is 2.37. The Hall–Kier alpha value is -1.70. The van der Waals surface area contributed by atoms with Gasteiger partial charge < -0.3 is 4.90 Å². The second-order valence-corrected chi connectivity index (χ2v) is 8.40. The molecular weight excluding hydrogens is 365 g/mol. The fourth-order valence-corrected chi connectivity index (χ4v) is 4.95. The Morgan fingerprint density at radius 3 is 2.44 bits per heavy atom. The highest BCUT2D eigenvalue weighted by Crippen LogP contribution is 2.29. The van der Waals surface area contributed by atoms with Crippen molar-refractivity contribution in [2.75, 3.05) is 31.1 Å². The lowest BCUT2D eigenvalue weighted by atomic mass is 10.2. The lowest BCUT2D eigenvalue weighted by Gasteiger charge is -2.36. The molecule has 0 unspecified atom stereocenters. The third-order valence-electron chi connectivity index (χ3n) is 4.40. The number of hydrogen-bond donors (Lipinski definition) is 0. The number of piperazine rings is 1. The molecule has 1 aliphatic heterocycles. The molecule has 0 aliphatic carbocycles. The molecule has 0 bridgehead atoms. The minimum absolute atomic E-state index is 0.0402. The summed E-state index contributed by atoms with van der Waals surface area (Å²) in [7, 11) is -3.75. The van der Waals surface area contributed by atoms with Gasteiger partial charge in [0.15, 0.2) is 0 Å². The number of aryl methyl sites for hydroxylation is 2. The zero-order valence-corrected chi connectivity index (χ0v) is 15.6. The monoisotopic (exact) mass is 383 g/mol. The maximum absolute atomic E-state index is 13.6. The van der Waals surface area contributed by atoms with Crippen LogP contribution in [0.2, 0.25) is 5.02 Å². The van der Waals surface area contributed by atoms with Crippen molar-refractivity contribution >= 4 is 27.3 Å². The van der Waals surface area contributed by atoms with Crippen LogP contribution >= 0.6 is 11.6 Å². The average molecular weight is 384 g/mol. The Morgan fingerprint density at radius 2 is 1.80 bits per heavy atom. The van der Waals surface area contributed by atoms with Crippen LogP contribution in [0.3, 0.4) is 0 Å². The molecule has 134 valence electrons. The molecule has 1 saturated heterocycles. The predicted octanol–water partition coefficient (Wildman–Crippen LogP) is 3.00. The number of halogens is 2. The van der Waals surface area contributed by atoms with Gasteiger partial charge in [-0.25, -0.2) is 12.8 Å². The van der Waals surface area contributed by atoms with E-state index in [9.17, 15) is 12.8 Å². The van der Waals surface area contributed by atoms with E-state index in [2.05, 4.69) is 9.88 Å². The zero-order chi connectivity index (χ0) is 18.2. The second-order valence-electron chi connectivity index (χ2n) is 6.09. The smallest absolute Gasteiger partial charge is 0.244 e. The van der Waals surface area contributed by atoms with E-state index in [1.54, 1.807) is 12.4 Å². The van der Waals surface area contributed by atoms with E-state index in [-0.39, 0.29) is 15.5 Å². The van der Waals surface area contributed by atoms with Crippen LogP contribution in [0.25, 0.3) is 0 Å². The number of sulfonamides is 1. The summed E-state index contributed by atoms with van der Waals surface area (Å²) >= 11 is 5.99. The van der Waals surface area contributed by atoms with E-state index < -0.39 is 15.8 Å². The molecule has 0 atom stereocenters. The van der Waals surface area contributed by atoms with Crippen molar-refractivity contribution in [1.29, 1.82) is 0 Å². The highest BCUT2D eigenvalue weighted by atomic mass is 35.5. The molecule has 1 aromatic heterocycles. The molecule has 0 radical (unpaired) electrons. The summed E-state index contributed by atoms with van der Waals surface area (Å²) in [6.45, 7) is 5.33. The number of aromatic nitrogens is 1. The predicted molar refractivity (Wildman–Crippen MR) is 96.1 cm³/mol. The number of rotatable bonds is 3. The quantitative estimate of drug-likeness (QED) is 0.817. The summed E-state index contributed by atoms with van der Waals surface area (Å²) in [5.74, 6) is -0.512. The lowest BCUT2D eigenvalue weighted by molar-refractivity contribution is 0.384. The molecule has 1 aromatic carbocycles. The van der Waals surface area contributed by atoms with Crippen molar-refractivity contribution in [1.82, 2.24) is 9.29 Å². The van der Waals surface area contributed by atoms with Crippen molar-refractivity contribution in [2.45, 2.75) is 18.7 Å². The summed E-state index contributed by atoms with van der Waals surface area (Å²) in [4.78, 5) is 6.18. The van der Waals surface area contributed by atoms with Crippen LogP contribution in [-0.2, 0) is 10.0 Å². The van der Waals surface area contributed by atoms with Crippen LogP contribution in [0, 0.1) is 19.7 Å². The van der Waals surface area contributed by atoms with Gasteiger partial charge in [-0.05, 0) is 43.2 Å². The molecule has 0 amide bonds. The van der Waals surface area contributed by atoms with Crippen molar-refractivity contribution in [3.05, 3.63) is 52.6 Å². The number of pyridine rings is 1. The van der Waals surface area contributed by atoms with Crippen LogP contribution < -0.4 is 4.90 Å². The SMILES string of the molecule is Cc1cc(S(=O)(=O)N2CCN(c3ccncc3C)CC2)c(Cl)cc1F. The maximum atomic E-state index is 13.6. The Morgan fingerprint density at radius 1 is 1.12 bits per heavy atom. The minimum atomic E-state index is -3.75. The standard InChI is InChI=1S/C17H19ClFN3O2S/c1-12-9-17(14(18)10-15(12)19)25(23,24)22-7-5-21(6-8-22)16-3-4-20-11-13(16)2/h3-4,9-11H,5-8H2,1-2H3. The van der Waals surface area contributed by atoms with E-state index in [1.165, 1.54) is 17.3 Å². The number of anilines is 1. The fraction of sp³-hybridized carbons (Fsp3) is 0.353. The Kier molecular flexibility index (Phi) is 4.99. The largest absolute Gasteiger partial charge is 0.369 e. The first kappa shape index (κ1) is 18.1. The third kappa shape index (κ3) is 3.49. The first-order valence-corrected chi connectivity index (χ1v) is 9.74. The second kappa shape index (κ2) is 6.90. The molecule has 25 heavy (non-hydrogen) atoms. The molecule has 5 nitrogen and oxygen atoms in total. The maximum Gasteiger partial charge on any atom is 0.244 e. The van der Waals surface area contributed by atoms with Crippen LogP contribution in [-0.4, -0.2) is 43.9 Å². The van der Waals surface area contributed by atoms with Crippen LogP contribution in [0.1, 0.15) is 11.1 Å². The van der Waals surface area contributed by atoms with Crippen LogP contribution in [0.15, 0.2) is 35.5 Å². The topological polar surface area (TPSA) is 53.5 Å². The lowest BCUT2D eigenvalue weighted by Crippen LogP contribution is -2.48. The van der Waals surface area contributed by atoms with Crippen LogP contribution in [0.4, 0.5) is 10.1 Å². The van der Waals surface area contributed by atoms with Crippen molar-refractivity contribution in [3.63, 3.8) is 0 Å². The Bertz CT molecular complexity index is 897. The Balaban J connectivity index is 1.81. The molecular formula is C17H19ClFN3O2S. The molecule has 2 aromatic rings. The summed E-state index contributed by atoms with van der Waals surface area (Å²) in [6, 6.07) is 4.28. The summed E-state index contributed by atoms with van der Waals surface area (Å²) in [5, 5.41) is -0.0875. The van der Waals surface area contributed by atoms with E-state index in [0.717, 1.165) is 17.3 Å². The van der Waals surface area contributed by atoms with Gasteiger partial charge in [-0.15, -0.1) is 0 Å². The van der Waals surface area contributed by atoms with E-state index in [0.29, 0.717) is 26.2 Å². The van der Waals surface area contributed by atoms with Crippen molar-refractivity contribution in [3.8, 4) is 0 Å². The fourth-order valence-electron chi connectivity index (χ4n) is 2.96. The van der Waals surface area contributed by atoms with E-state index in [1.807, 2.05) is 13.0 Å². The summed E-state index contributed by atoms with van der Waals surface area (Å²) < 4.78 is 40.7. The van der Waals surface area contributed by atoms with Gasteiger partial charge >= 0.3 is 0 Å². The minimum Gasteiger partial charge on any atom is -0.369 e. The normalized spacial score (nSPS) is 16.2. The number of benzene rings is 1. The van der Waals surface area contributed by atoms with Gasteiger partial charge in [0.1, 0.15) is 10.7 Å². The van der Waals surface area contributed by atoms with Crippen molar-refractivity contribution in [2.24, 2.45) is 0 Å². The van der Waals surface area contributed by atoms with Gasteiger partial charge in [0.05, 0.1) is 5.02 Å². The molecule has 0 saturated carbocycles. The third-order valence-corrected chi connectivity index (χ3v) is 6.76. The molecule has 2 heterocycles. The molecule has 1 fully saturated rings. The van der Waals surface area contributed by atoms with Crippen LogP contribution in [0.5, 0.6) is 0 Å². The Labute approximate surface area is 152 Å². The number of hydrogen-bond acceptors (Lipinski definition) is 4. The van der Waals surface area contributed by atoms with Gasteiger partial charge in [-0.1, -0.05) is 11.6 Å². The first-order valence-electron chi connectivity index (χ1n) is 7.92. The van der Waals surface area contributed by atoms with E-state index in [4.69, 9.17) is 11.6 Å². The number of nitrogens with zero attached hydrogens (tertiary/aromatic N) is 3. The van der Waals surface area contributed by atoms with Gasteiger partial charge in [0.2, 0.25) is 10.0 Å². The highest BCUT2D eigenvalue weighted by molar-refractivity contribution is 7.89. The first-order chi connectivity index (χ1) is 11.8. The summed E-state index contributed by atoms with van der Waals surface area (Å²) in [6.07, 6.45) is 3.52. The highest BCUT2D eigenvalue weighted by Gasteiger charge is 2.31. The molecule has 0 spiro atoms. The molecule has 3 rings (SSSR count). The zero-order valence-electron chi connectivity index (χ0n) is 14.0. The van der Waals surface area contributed by atoms with Gasteiger partial charge in [-0.2, -0.15) is 4.31 Å². The van der Waals surface area contributed by atoms with Gasteiger partial charge in [0, 0.05) is 44.3 Å². The molecule has 1 aliphatic rings. The van der Waals surface area contributed by atoms with E-state index >= 15 is 0 Å². The van der Waals surface area contributed by atoms with Crippen molar-refractivity contribution < 1.29 is 12.8 Å². The molecule has 8 heteroatoms.